The maximum absolute atomic E-state index is 12.6. The summed E-state index contributed by atoms with van der Waals surface area (Å²) >= 11 is 2.01. The Bertz CT molecular complexity index is 789. The fourth-order valence-electron chi connectivity index (χ4n) is 3.76. The number of ether oxygens (including phenoxy) is 1. The van der Waals surface area contributed by atoms with Crippen LogP contribution in [0.5, 0.6) is 0 Å². The fourth-order valence-corrected chi connectivity index (χ4v) is 4.85. The number of rotatable bonds is 5. The molecule has 26 heavy (non-hydrogen) atoms. The van der Waals surface area contributed by atoms with Crippen molar-refractivity contribution < 1.29 is 9.53 Å². The molecule has 1 unspecified atom stereocenters. The number of aryl methyl sites for hydroxylation is 2. The molecule has 0 aliphatic carbocycles. The van der Waals surface area contributed by atoms with E-state index in [4.69, 9.17) is 4.74 Å². The molecule has 3 heterocycles. The molecule has 7 heteroatoms. The molecule has 0 bridgehead atoms. The number of hydrogen-bond donors (Lipinski definition) is 0. The standard InChI is InChI=1S/C19H28N4O2S/c1-5-25-19(24)15-11-20-18-16(13(3)21-22(18)4)17(15)23-10-8-7-9-14(12-23)26-6-2/h11,14H,5-10,12H2,1-4H3. The first-order chi connectivity index (χ1) is 12.6. The quantitative estimate of drug-likeness (QED) is 0.744. The molecular formula is C19H28N4O2S. The second-order valence-electron chi connectivity index (χ2n) is 6.67. The Morgan fingerprint density at radius 3 is 2.92 bits per heavy atom. The van der Waals surface area contributed by atoms with Crippen LogP contribution >= 0.6 is 11.8 Å². The van der Waals surface area contributed by atoms with E-state index in [0.29, 0.717) is 17.4 Å². The Kier molecular flexibility index (Phi) is 6.06. The Morgan fingerprint density at radius 2 is 2.19 bits per heavy atom. The molecule has 0 aromatic carbocycles. The van der Waals surface area contributed by atoms with Crippen LogP contribution < -0.4 is 4.90 Å². The molecule has 1 aliphatic heterocycles. The summed E-state index contributed by atoms with van der Waals surface area (Å²) in [5.41, 5.74) is 3.22. The topological polar surface area (TPSA) is 60.2 Å². The van der Waals surface area contributed by atoms with Crippen LogP contribution in [0.2, 0.25) is 0 Å². The van der Waals surface area contributed by atoms with E-state index in [0.717, 1.165) is 47.7 Å². The summed E-state index contributed by atoms with van der Waals surface area (Å²) in [6.07, 6.45) is 5.24. The van der Waals surface area contributed by atoms with Gasteiger partial charge in [-0.05, 0) is 32.4 Å². The van der Waals surface area contributed by atoms with Gasteiger partial charge in [-0.2, -0.15) is 16.9 Å². The minimum absolute atomic E-state index is 0.302. The van der Waals surface area contributed by atoms with Gasteiger partial charge in [0.05, 0.1) is 23.4 Å². The molecule has 2 aromatic heterocycles. The summed E-state index contributed by atoms with van der Waals surface area (Å²) in [5, 5.41) is 6.09. The first-order valence-electron chi connectivity index (χ1n) is 9.42. The molecule has 0 saturated carbocycles. The van der Waals surface area contributed by atoms with Gasteiger partial charge < -0.3 is 9.64 Å². The van der Waals surface area contributed by atoms with Crippen molar-refractivity contribution in [2.24, 2.45) is 7.05 Å². The zero-order chi connectivity index (χ0) is 18.7. The number of thioether (sulfide) groups is 1. The van der Waals surface area contributed by atoms with Crippen LogP contribution in [0.4, 0.5) is 5.69 Å². The van der Waals surface area contributed by atoms with Crippen LogP contribution in [0.3, 0.4) is 0 Å². The average molecular weight is 377 g/mol. The van der Waals surface area contributed by atoms with E-state index in [1.165, 1.54) is 12.8 Å². The van der Waals surface area contributed by atoms with E-state index in [1.807, 2.05) is 32.7 Å². The van der Waals surface area contributed by atoms with E-state index >= 15 is 0 Å². The maximum atomic E-state index is 12.6. The highest BCUT2D eigenvalue weighted by Gasteiger charge is 2.27. The first-order valence-corrected chi connectivity index (χ1v) is 10.5. The number of aromatic nitrogens is 3. The van der Waals surface area contributed by atoms with E-state index in [-0.39, 0.29) is 5.97 Å². The molecule has 0 radical (unpaired) electrons. The number of hydrogen-bond acceptors (Lipinski definition) is 6. The number of carbonyl (C=O) groups is 1. The van der Waals surface area contributed by atoms with Crippen molar-refractivity contribution in [1.82, 2.24) is 14.8 Å². The highest BCUT2D eigenvalue weighted by molar-refractivity contribution is 7.99. The molecular weight excluding hydrogens is 348 g/mol. The van der Waals surface area contributed by atoms with Gasteiger partial charge in [0.1, 0.15) is 5.56 Å². The molecule has 0 N–H and O–H groups in total. The Balaban J connectivity index is 2.13. The normalized spacial score (nSPS) is 18.2. The summed E-state index contributed by atoms with van der Waals surface area (Å²) in [5.74, 6) is 0.810. The maximum Gasteiger partial charge on any atom is 0.341 e. The van der Waals surface area contributed by atoms with Gasteiger partial charge in [0.15, 0.2) is 5.65 Å². The van der Waals surface area contributed by atoms with Crippen molar-refractivity contribution >= 4 is 34.5 Å². The third-order valence-corrected chi connectivity index (χ3v) is 6.03. The molecule has 1 saturated heterocycles. The predicted octanol–water partition coefficient (Wildman–Crippen LogP) is 3.57. The van der Waals surface area contributed by atoms with Crippen molar-refractivity contribution in [3.05, 3.63) is 17.5 Å². The van der Waals surface area contributed by atoms with Gasteiger partial charge in [-0.15, -0.1) is 0 Å². The van der Waals surface area contributed by atoms with Crippen molar-refractivity contribution in [1.29, 1.82) is 0 Å². The lowest BCUT2D eigenvalue weighted by Crippen LogP contribution is -2.31. The fraction of sp³-hybridized carbons (Fsp3) is 0.632. The predicted molar refractivity (Wildman–Crippen MR) is 107 cm³/mol. The molecule has 2 aromatic rings. The summed E-state index contributed by atoms with van der Waals surface area (Å²) in [6, 6.07) is 0. The Hall–Kier alpha value is -1.76. The molecule has 3 rings (SSSR count). The summed E-state index contributed by atoms with van der Waals surface area (Å²) < 4.78 is 7.11. The third-order valence-electron chi connectivity index (χ3n) is 4.84. The molecule has 6 nitrogen and oxygen atoms in total. The number of carbonyl (C=O) groups excluding carboxylic acids is 1. The average Bonchev–Trinajstić information content (AvgIpc) is 2.78. The Labute approximate surface area is 159 Å². The number of anilines is 1. The SMILES string of the molecule is CCOC(=O)c1cnc2c(c(C)nn2C)c1N1CCCCC(SCC)C1. The molecule has 0 amide bonds. The van der Waals surface area contributed by atoms with Crippen molar-refractivity contribution in [2.75, 3.05) is 30.3 Å². The monoisotopic (exact) mass is 376 g/mol. The van der Waals surface area contributed by atoms with Gasteiger partial charge in [0.2, 0.25) is 0 Å². The van der Waals surface area contributed by atoms with Crippen molar-refractivity contribution in [3.8, 4) is 0 Å². The number of fused-ring (bicyclic) bond motifs is 1. The Morgan fingerprint density at radius 1 is 1.38 bits per heavy atom. The van der Waals surface area contributed by atoms with Crippen LogP contribution in [0.15, 0.2) is 6.20 Å². The number of nitrogens with zero attached hydrogens (tertiary/aromatic N) is 4. The zero-order valence-corrected chi connectivity index (χ0v) is 16.9. The smallest absolute Gasteiger partial charge is 0.341 e. The highest BCUT2D eigenvalue weighted by Crippen LogP contribution is 2.35. The van der Waals surface area contributed by atoms with Gasteiger partial charge >= 0.3 is 5.97 Å². The van der Waals surface area contributed by atoms with E-state index < -0.39 is 0 Å². The molecule has 1 aliphatic rings. The summed E-state index contributed by atoms with van der Waals surface area (Å²) in [7, 11) is 1.90. The lowest BCUT2D eigenvalue weighted by molar-refractivity contribution is 0.0527. The van der Waals surface area contributed by atoms with Crippen molar-refractivity contribution in [3.63, 3.8) is 0 Å². The van der Waals surface area contributed by atoms with Crippen LogP contribution in [0.25, 0.3) is 11.0 Å². The molecule has 1 fully saturated rings. The summed E-state index contributed by atoms with van der Waals surface area (Å²) in [4.78, 5) is 19.5. The van der Waals surface area contributed by atoms with Crippen molar-refractivity contribution in [2.45, 2.75) is 45.3 Å². The second kappa shape index (κ2) is 8.29. The van der Waals surface area contributed by atoms with Crippen LogP contribution in [0, 0.1) is 6.92 Å². The van der Waals surface area contributed by atoms with E-state index in [1.54, 1.807) is 10.9 Å². The minimum atomic E-state index is -0.302. The molecule has 1 atom stereocenters. The van der Waals surface area contributed by atoms with Gasteiger partial charge in [-0.1, -0.05) is 13.3 Å². The van der Waals surface area contributed by atoms with Gasteiger partial charge in [-0.3, -0.25) is 4.68 Å². The van der Waals surface area contributed by atoms with Gasteiger partial charge in [-0.25, -0.2) is 9.78 Å². The number of pyridine rings is 1. The zero-order valence-electron chi connectivity index (χ0n) is 16.1. The minimum Gasteiger partial charge on any atom is -0.462 e. The number of esters is 1. The molecule has 0 spiro atoms. The van der Waals surface area contributed by atoms with Crippen LogP contribution in [-0.2, 0) is 11.8 Å². The van der Waals surface area contributed by atoms with Gasteiger partial charge in [0.25, 0.3) is 0 Å². The first kappa shape index (κ1) is 19.0. The summed E-state index contributed by atoms with van der Waals surface area (Å²) in [6.45, 7) is 8.27. The second-order valence-corrected chi connectivity index (χ2v) is 8.25. The van der Waals surface area contributed by atoms with Crippen LogP contribution in [-0.4, -0.2) is 51.4 Å². The van der Waals surface area contributed by atoms with E-state index in [9.17, 15) is 4.79 Å². The largest absolute Gasteiger partial charge is 0.462 e. The highest BCUT2D eigenvalue weighted by atomic mass is 32.2. The molecule has 142 valence electrons. The van der Waals surface area contributed by atoms with Crippen LogP contribution in [0.1, 0.15) is 49.2 Å². The van der Waals surface area contributed by atoms with Gasteiger partial charge in [0, 0.05) is 31.6 Å². The lowest BCUT2D eigenvalue weighted by Gasteiger charge is -2.28. The lowest BCUT2D eigenvalue weighted by atomic mass is 10.1. The van der Waals surface area contributed by atoms with E-state index in [2.05, 4.69) is 21.9 Å². The third kappa shape index (κ3) is 3.68.